The van der Waals surface area contributed by atoms with E-state index in [4.69, 9.17) is 9.97 Å². The van der Waals surface area contributed by atoms with Gasteiger partial charge in [0.1, 0.15) is 0 Å². The van der Waals surface area contributed by atoms with Gasteiger partial charge in [-0.3, -0.25) is 0 Å². The van der Waals surface area contributed by atoms with Crippen molar-refractivity contribution in [3.63, 3.8) is 0 Å². The van der Waals surface area contributed by atoms with E-state index in [0.717, 1.165) is 96.7 Å². The first-order valence-corrected chi connectivity index (χ1v) is 50.7. The molecule has 7 nitrogen and oxygen atoms in total. The zero-order valence-corrected chi connectivity index (χ0v) is 80.5. The zero-order valence-electron chi connectivity index (χ0n) is 80.5. The molecule has 7 heteroatoms. The number of aromatic nitrogens is 7. The highest BCUT2D eigenvalue weighted by Crippen LogP contribution is 2.57. The lowest BCUT2D eigenvalue weighted by atomic mass is 9.82. The SMILES string of the molecule is CC1(C)c2ccccc2-c2ccc(-n3c4ccccc4c4cc(-c5ccc6c(c5)c5ccccc5n6-c5cccc(-c6ccc7c8c(cccc68)-c6nc(-c8ccc(-n9c%10ccc(-c%11ccc%12c(c%11)c%11ccccc%11n%12-c%11ccc%12c(c%11)C(C)(C)c%11ccccc%11-%12)cc%10c%10cc(-c%11ccc%12c(c%11)c%11ccccc%11n%12-c%11ccc%12c(c%11)C(C)(C)c%11ccccc%11-%12)ccc%109)cc8)nc(C8=CC=CCC8)c6-7)c5)ccc43)cc21. The molecule has 6 heterocycles. The van der Waals surface area contributed by atoms with Crippen LogP contribution in [0.15, 0.2) is 431 Å². The van der Waals surface area contributed by atoms with E-state index >= 15 is 0 Å². The third-order valence-electron chi connectivity index (χ3n) is 33.5. The fraction of sp³-hybridized carbons (Fsp3) is 0.0803. The van der Waals surface area contributed by atoms with Crippen molar-refractivity contribution in [2.75, 3.05) is 0 Å². The monoisotopic (exact) mass is 1840 g/mol. The molecule has 0 saturated heterocycles. The summed E-state index contributed by atoms with van der Waals surface area (Å²) < 4.78 is 12.4. The van der Waals surface area contributed by atoms with E-state index in [1.165, 1.54) is 215 Å². The molecule has 144 heavy (non-hydrogen) atoms. The number of rotatable bonds is 11. The first-order chi connectivity index (χ1) is 70.7. The van der Waals surface area contributed by atoms with Gasteiger partial charge in [-0.1, -0.05) is 302 Å². The summed E-state index contributed by atoms with van der Waals surface area (Å²) in [6, 6.07) is 156. The highest BCUT2D eigenvalue weighted by atomic mass is 15.0. The van der Waals surface area contributed by atoms with Crippen molar-refractivity contribution < 1.29 is 0 Å². The van der Waals surface area contributed by atoms with E-state index in [1.807, 2.05) is 0 Å². The second-order valence-electron chi connectivity index (χ2n) is 42.1. The summed E-state index contributed by atoms with van der Waals surface area (Å²) in [6.07, 6.45) is 8.58. The Kier molecular flexibility index (Phi) is 16.7. The topological polar surface area (TPSA) is 50.4 Å². The molecule has 0 spiro atoms. The summed E-state index contributed by atoms with van der Waals surface area (Å²) >= 11 is 0. The number of benzene rings is 20. The maximum absolute atomic E-state index is 5.76. The van der Waals surface area contributed by atoms with Crippen LogP contribution in [0.5, 0.6) is 0 Å². The normalized spacial score (nSPS) is 14.3. The van der Waals surface area contributed by atoms with E-state index in [1.54, 1.807) is 0 Å². The van der Waals surface area contributed by atoms with E-state index in [-0.39, 0.29) is 16.2 Å². The van der Waals surface area contributed by atoms with Crippen LogP contribution in [0, 0.1) is 0 Å². The second kappa shape index (κ2) is 29.7. The van der Waals surface area contributed by atoms with Gasteiger partial charge in [0, 0.05) is 115 Å². The Bertz CT molecular complexity index is 10000. The van der Waals surface area contributed by atoms with Crippen LogP contribution in [-0.4, -0.2) is 32.8 Å². The molecule has 26 aromatic rings. The molecule has 31 rings (SSSR count). The van der Waals surface area contributed by atoms with Crippen LogP contribution < -0.4 is 0 Å². The summed E-state index contributed by atoms with van der Waals surface area (Å²) in [5.74, 6) is 0.704. The van der Waals surface area contributed by atoms with Gasteiger partial charge in [0.2, 0.25) is 0 Å². The molecule has 6 aromatic heterocycles. The molecule has 0 amide bonds. The average molecular weight is 1840 g/mol. The van der Waals surface area contributed by atoms with Crippen LogP contribution in [0.4, 0.5) is 0 Å². The number of hydrogen-bond acceptors (Lipinski definition) is 2. The van der Waals surface area contributed by atoms with Crippen LogP contribution in [0.2, 0.25) is 0 Å². The smallest absolute Gasteiger partial charge is 0.160 e. The summed E-state index contributed by atoms with van der Waals surface area (Å²) in [6.45, 7) is 14.2. The average Bonchev–Trinajstić information content (AvgIpc) is 1.56. The Morgan fingerprint density at radius 3 is 0.917 bits per heavy atom. The van der Waals surface area contributed by atoms with Crippen molar-refractivity contribution in [2.45, 2.75) is 70.6 Å². The Morgan fingerprint density at radius 1 is 0.208 bits per heavy atom. The molecule has 5 aliphatic carbocycles. The van der Waals surface area contributed by atoms with Gasteiger partial charge in [-0.25, -0.2) is 9.97 Å². The van der Waals surface area contributed by atoms with Gasteiger partial charge in [0.05, 0.1) is 66.6 Å². The minimum atomic E-state index is -0.133. The Morgan fingerprint density at radius 2 is 0.514 bits per heavy atom. The van der Waals surface area contributed by atoms with E-state index < -0.39 is 0 Å². The van der Waals surface area contributed by atoms with Gasteiger partial charge < -0.3 is 22.8 Å². The molecule has 0 radical (unpaired) electrons. The highest BCUT2D eigenvalue weighted by Gasteiger charge is 2.40. The lowest BCUT2D eigenvalue weighted by molar-refractivity contribution is 0.660. The maximum Gasteiger partial charge on any atom is 0.160 e. The maximum atomic E-state index is 5.76. The standard InChI is InChI=1S/C137H93N7/c1-135(2)114-39-17-10-30-95(114)98-59-56-91(77-117(98)135)142-121-43-21-14-34-102(121)109-72-83(49-65-125(109)142)82-48-64-124-108(71-82)101-33-13-20-42-120(101)141(124)90-29-24-28-88(70-90)94-62-63-106-130-105(94)37-25-38-107(130)133-131(106)132(80-26-8-7-9-27-80)138-134(139-133)81-46-54-89(55-47-81)140-128-68-52-86(84-50-66-126-110(73-84)103-35-15-22-44-122(103)143(126)92-57-60-99-96-31-11-18-40-115(96)136(3,4)118(99)78-92)75-112(128)113-76-87(53-69-129(113)140)85-51-67-127-111(74-85)104-36-16-23-45-123(104)144(127)93-58-61-100-97-32-12-19-41-116(97)137(5,6)119(100)79-93/h7-8,10-26,28-79H,9,27H2,1-6H3. The Balaban J connectivity index is 0.503. The molecule has 0 aliphatic heterocycles. The van der Waals surface area contributed by atoms with Gasteiger partial charge in [-0.2, -0.15) is 0 Å². The lowest BCUT2D eigenvalue weighted by Gasteiger charge is -2.22. The van der Waals surface area contributed by atoms with Crippen molar-refractivity contribution >= 4 is 125 Å². The summed E-state index contributed by atoms with van der Waals surface area (Å²) in [5, 5.41) is 14.6. The minimum absolute atomic E-state index is 0.108. The molecule has 0 atom stereocenters. The van der Waals surface area contributed by atoms with Crippen LogP contribution in [0.25, 0.3) is 265 Å². The molecule has 5 aliphatic rings. The molecular formula is C137H93N7. The molecular weight excluding hydrogens is 1740 g/mol. The van der Waals surface area contributed by atoms with E-state index in [9.17, 15) is 0 Å². The quantitative estimate of drug-likeness (QED) is 0.130. The Labute approximate surface area is 832 Å². The molecule has 0 unspecified atom stereocenters. The highest BCUT2D eigenvalue weighted by molar-refractivity contribution is 6.22. The predicted octanol–water partition coefficient (Wildman–Crippen LogP) is 35.8. The largest absolute Gasteiger partial charge is 0.309 e. The van der Waals surface area contributed by atoms with Gasteiger partial charge >= 0.3 is 0 Å². The number of para-hydroxylation sites is 4. The van der Waals surface area contributed by atoms with Crippen molar-refractivity contribution in [3.8, 4) is 140 Å². The first-order valence-electron chi connectivity index (χ1n) is 50.7. The third kappa shape index (κ3) is 11.4. The van der Waals surface area contributed by atoms with Crippen LogP contribution in [0.3, 0.4) is 0 Å². The van der Waals surface area contributed by atoms with Gasteiger partial charge in [0.25, 0.3) is 0 Å². The molecule has 676 valence electrons. The van der Waals surface area contributed by atoms with Gasteiger partial charge in [-0.15, -0.1) is 0 Å². The van der Waals surface area contributed by atoms with Crippen LogP contribution in [0.1, 0.15) is 93.5 Å². The predicted molar refractivity (Wildman–Crippen MR) is 602 cm³/mol. The molecule has 0 fully saturated rings. The molecule has 0 saturated carbocycles. The number of fused-ring (bicyclic) bond motifs is 27. The lowest BCUT2D eigenvalue weighted by Crippen LogP contribution is -2.15. The second-order valence-corrected chi connectivity index (χ2v) is 42.1. The summed E-state index contributed by atoms with van der Waals surface area (Å²) in [5.41, 5.74) is 50.1. The number of allylic oxidation sites excluding steroid dienone is 4. The number of nitrogens with zero attached hydrogens (tertiary/aromatic N) is 7. The Hall–Kier alpha value is -17.8. The summed E-state index contributed by atoms with van der Waals surface area (Å²) in [7, 11) is 0. The first kappa shape index (κ1) is 81.1. The van der Waals surface area contributed by atoms with Crippen molar-refractivity contribution in [1.82, 2.24) is 32.8 Å². The van der Waals surface area contributed by atoms with E-state index in [0.29, 0.717) is 5.82 Å². The van der Waals surface area contributed by atoms with Crippen molar-refractivity contribution in [2.24, 2.45) is 0 Å². The minimum Gasteiger partial charge on any atom is -0.309 e. The fourth-order valence-corrected chi connectivity index (χ4v) is 26.6. The molecule has 0 bridgehead atoms. The van der Waals surface area contributed by atoms with Crippen molar-refractivity contribution in [1.29, 1.82) is 0 Å². The van der Waals surface area contributed by atoms with Crippen LogP contribution in [-0.2, 0) is 16.2 Å². The van der Waals surface area contributed by atoms with Crippen molar-refractivity contribution in [3.05, 3.63) is 470 Å². The fourth-order valence-electron chi connectivity index (χ4n) is 26.6. The van der Waals surface area contributed by atoms with Gasteiger partial charge in [-0.05, 0) is 316 Å². The van der Waals surface area contributed by atoms with Crippen LogP contribution >= 0.6 is 0 Å². The summed E-state index contributed by atoms with van der Waals surface area (Å²) in [4.78, 5) is 11.5. The molecule has 20 aromatic carbocycles. The zero-order chi connectivity index (χ0) is 95.2. The molecule has 0 N–H and O–H groups in total. The van der Waals surface area contributed by atoms with E-state index in [2.05, 4.69) is 495 Å². The third-order valence-corrected chi connectivity index (χ3v) is 33.5. The van der Waals surface area contributed by atoms with Gasteiger partial charge in [0.15, 0.2) is 5.82 Å². The number of hydrogen-bond donors (Lipinski definition) is 0.